The van der Waals surface area contributed by atoms with Crippen LogP contribution in [0.4, 0.5) is 0 Å². The van der Waals surface area contributed by atoms with Gasteiger partial charge < -0.3 is 9.15 Å². The minimum Gasteiger partial charge on any atom is -0.459 e. The second-order valence-corrected chi connectivity index (χ2v) is 10.7. The standard InChI is InChI=1S/C19H20BrNO3S/c20-19-7-12-4-13(8-19)6-18(5-12,11-19)17(22)24-10-14-9-23-16(21-14)15-2-1-3-25-15/h1-3,9,12-13H,4-8,10-11H2/t12-,13-,18?,19?/m1/s1. The van der Waals surface area contributed by atoms with Crippen LogP contribution in [0.25, 0.3) is 10.8 Å². The Bertz CT molecular complexity index is 785. The highest BCUT2D eigenvalue weighted by atomic mass is 79.9. The van der Waals surface area contributed by atoms with Crippen LogP contribution in [0.1, 0.15) is 44.2 Å². The summed E-state index contributed by atoms with van der Waals surface area (Å²) in [4.78, 5) is 18.4. The molecule has 6 heteroatoms. The fourth-order valence-electron chi connectivity index (χ4n) is 5.57. The first kappa shape index (κ1) is 16.1. The molecule has 2 aromatic rings. The van der Waals surface area contributed by atoms with Gasteiger partial charge in [0.05, 0.1) is 10.3 Å². The molecule has 0 saturated heterocycles. The zero-order valence-corrected chi connectivity index (χ0v) is 16.3. The molecule has 0 aromatic carbocycles. The summed E-state index contributed by atoms with van der Waals surface area (Å²) in [5.74, 6) is 1.90. The Morgan fingerprint density at radius 1 is 1.36 bits per heavy atom. The fourth-order valence-corrected chi connectivity index (χ4v) is 7.68. The number of ether oxygens (including phenoxy) is 1. The number of rotatable bonds is 4. The summed E-state index contributed by atoms with van der Waals surface area (Å²) >= 11 is 5.53. The van der Waals surface area contributed by atoms with Gasteiger partial charge in [0, 0.05) is 4.32 Å². The molecule has 0 unspecified atom stereocenters. The number of halogens is 1. The van der Waals surface area contributed by atoms with E-state index in [2.05, 4.69) is 20.9 Å². The lowest BCUT2D eigenvalue weighted by molar-refractivity contribution is -0.171. The molecule has 6 rings (SSSR count). The van der Waals surface area contributed by atoms with Gasteiger partial charge in [-0.1, -0.05) is 22.0 Å². The summed E-state index contributed by atoms with van der Waals surface area (Å²) in [7, 11) is 0. The van der Waals surface area contributed by atoms with Gasteiger partial charge in [-0.05, 0) is 61.8 Å². The molecule has 0 aliphatic heterocycles. The summed E-state index contributed by atoms with van der Waals surface area (Å²) in [5, 5.41) is 1.99. The molecule has 132 valence electrons. The number of oxazole rings is 1. The van der Waals surface area contributed by atoms with Gasteiger partial charge in [0.2, 0.25) is 5.89 Å². The van der Waals surface area contributed by atoms with Gasteiger partial charge in [-0.3, -0.25) is 4.79 Å². The molecule has 4 fully saturated rings. The predicted molar refractivity (Wildman–Crippen MR) is 98.4 cm³/mol. The third-order valence-corrected chi connectivity index (χ3v) is 7.84. The molecule has 0 amide bonds. The minimum atomic E-state index is -0.284. The summed E-state index contributed by atoms with van der Waals surface area (Å²) in [6.07, 6.45) is 8.22. The SMILES string of the molecule is O=C(OCc1coc(-c2cccs2)n1)C12C[C@H]3C[C@@H](CC(Br)(C3)C1)C2. The molecule has 4 saturated carbocycles. The van der Waals surface area contributed by atoms with Crippen molar-refractivity contribution in [2.75, 3.05) is 0 Å². The van der Waals surface area contributed by atoms with Gasteiger partial charge in [-0.15, -0.1) is 11.3 Å². The average molecular weight is 422 g/mol. The first-order chi connectivity index (χ1) is 12.0. The number of esters is 1. The van der Waals surface area contributed by atoms with Crippen molar-refractivity contribution in [3.05, 3.63) is 29.5 Å². The Hall–Kier alpha value is -1.14. The normalized spacial score (nSPS) is 35.9. The number of hydrogen-bond donors (Lipinski definition) is 0. The molecule has 25 heavy (non-hydrogen) atoms. The average Bonchev–Trinajstić information content (AvgIpc) is 3.21. The topological polar surface area (TPSA) is 52.3 Å². The van der Waals surface area contributed by atoms with E-state index in [-0.39, 0.29) is 22.3 Å². The minimum absolute atomic E-state index is 0.0360. The number of alkyl halides is 1. The Morgan fingerprint density at radius 2 is 2.16 bits per heavy atom. The van der Waals surface area contributed by atoms with Crippen molar-refractivity contribution >= 4 is 33.2 Å². The Balaban J connectivity index is 1.28. The maximum absolute atomic E-state index is 12.9. The molecule has 2 heterocycles. The van der Waals surface area contributed by atoms with Crippen molar-refractivity contribution in [3.63, 3.8) is 0 Å². The lowest BCUT2D eigenvalue weighted by atomic mass is 9.49. The van der Waals surface area contributed by atoms with Crippen molar-refractivity contribution in [2.45, 2.75) is 49.5 Å². The van der Waals surface area contributed by atoms with Crippen molar-refractivity contribution in [3.8, 4) is 10.8 Å². The number of nitrogens with zero attached hydrogens (tertiary/aromatic N) is 1. The quantitative estimate of drug-likeness (QED) is 0.503. The number of aromatic nitrogens is 1. The van der Waals surface area contributed by atoms with Gasteiger partial charge >= 0.3 is 5.97 Å². The van der Waals surface area contributed by atoms with E-state index in [0.29, 0.717) is 23.4 Å². The fraction of sp³-hybridized carbons (Fsp3) is 0.579. The van der Waals surface area contributed by atoms with Crippen LogP contribution in [0.5, 0.6) is 0 Å². The van der Waals surface area contributed by atoms with Crippen LogP contribution in [-0.2, 0) is 16.1 Å². The van der Waals surface area contributed by atoms with Gasteiger partial charge in [0.15, 0.2) is 0 Å². The van der Waals surface area contributed by atoms with Gasteiger partial charge in [-0.25, -0.2) is 4.98 Å². The van der Waals surface area contributed by atoms with Crippen LogP contribution in [0.15, 0.2) is 28.2 Å². The van der Waals surface area contributed by atoms with Gasteiger partial charge in [-0.2, -0.15) is 0 Å². The second kappa shape index (κ2) is 5.68. The second-order valence-electron chi connectivity index (χ2n) is 8.09. The molecule has 0 radical (unpaired) electrons. The van der Waals surface area contributed by atoms with E-state index < -0.39 is 0 Å². The lowest BCUT2D eigenvalue weighted by Gasteiger charge is -2.58. The number of carbonyl (C=O) groups is 1. The van der Waals surface area contributed by atoms with Crippen molar-refractivity contribution in [1.82, 2.24) is 4.98 Å². The highest BCUT2D eigenvalue weighted by Gasteiger charge is 2.60. The van der Waals surface area contributed by atoms with Crippen molar-refractivity contribution < 1.29 is 13.9 Å². The van der Waals surface area contributed by atoms with Gasteiger partial charge in [0.1, 0.15) is 18.6 Å². The number of thiophene rings is 1. The molecule has 4 aliphatic carbocycles. The van der Waals surface area contributed by atoms with Crippen LogP contribution in [0.3, 0.4) is 0 Å². The first-order valence-corrected chi connectivity index (χ1v) is 10.6. The maximum Gasteiger partial charge on any atom is 0.312 e. The van der Waals surface area contributed by atoms with E-state index in [1.54, 1.807) is 17.6 Å². The summed E-state index contributed by atoms with van der Waals surface area (Å²) in [6.45, 7) is 0.195. The largest absolute Gasteiger partial charge is 0.459 e. The van der Waals surface area contributed by atoms with Crippen LogP contribution >= 0.6 is 27.3 Å². The number of carbonyl (C=O) groups excluding carboxylic acids is 1. The monoisotopic (exact) mass is 421 g/mol. The maximum atomic E-state index is 12.9. The molecule has 2 atom stereocenters. The molecule has 0 N–H and O–H groups in total. The summed E-state index contributed by atoms with van der Waals surface area (Å²) in [6, 6.07) is 3.93. The molecule has 2 aromatic heterocycles. The zero-order chi connectivity index (χ0) is 17.1. The molecule has 0 spiro atoms. The van der Waals surface area contributed by atoms with E-state index in [1.807, 2.05) is 17.5 Å². The van der Waals surface area contributed by atoms with E-state index in [1.165, 1.54) is 19.3 Å². The molecule has 4 nitrogen and oxygen atoms in total. The molecular weight excluding hydrogens is 402 g/mol. The van der Waals surface area contributed by atoms with Gasteiger partial charge in [0.25, 0.3) is 0 Å². The van der Waals surface area contributed by atoms with E-state index in [0.717, 1.165) is 24.1 Å². The number of hydrogen-bond acceptors (Lipinski definition) is 5. The Morgan fingerprint density at radius 3 is 2.84 bits per heavy atom. The summed E-state index contributed by atoms with van der Waals surface area (Å²) in [5.41, 5.74) is 0.392. The van der Waals surface area contributed by atoms with Crippen LogP contribution < -0.4 is 0 Å². The third kappa shape index (κ3) is 2.78. The zero-order valence-electron chi connectivity index (χ0n) is 13.9. The highest BCUT2D eigenvalue weighted by Crippen LogP contribution is 2.64. The van der Waals surface area contributed by atoms with E-state index in [9.17, 15) is 4.79 Å². The smallest absolute Gasteiger partial charge is 0.312 e. The third-order valence-electron chi connectivity index (χ3n) is 6.06. The first-order valence-electron chi connectivity index (χ1n) is 8.88. The lowest BCUT2D eigenvalue weighted by Crippen LogP contribution is -2.56. The van der Waals surface area contributed by atoms with Crippen LogP contribution in [-0.4, -0.2) is 15.3 Å². The molecule has 4 bridgehead atoms. The highest BCUT2D eigenvalue weighted by molar-refractivity contribution is 9.10. The Labute approximate surface area is 159 Å². The Kier molecular flexibility index (Phi) is 3.65. The van der Waals surface area contributed by atoms with E-state index >= 15 is 0 Å². The molecule has 4 aliphatic rings. The van der Waals surface area contributed by atoms with E-state index in [4.69, 9.17) is 9.15 Å². The molecular formula is C19H20BrNO3S. The van der Waals surface area contributed by atoms with Crippen LogP contribution in [0, 0.1) is 17.3 Å². The van der Waals surface area contributed by atoms with Crippen molar-refractivity contribution in [1.29, 1.82) is 0 Å². The van der Waals surface area contributed by atoms with Crippen molar-refractivity contribution in [2.24, 2.45) is 17.3 Å². The predicted octanol–water partition coefficient (Wildman–Crippen LogP) is 5.18. The van der Waals surface area contributed by atoms with Crippen LogP contribution in [0.2, 0.25) is 0 Å². The summed E-state index contributed by atoms with van der Waals surface area (Å²) < 4.78 is 11.4.